The van der Waals surface area contributed by atoms with E-state index in [1.807, 2.05) is 24.3 Å². The van der Waals surface area contributed by atoms with Gasteiger partial charge in [0.15, 0.2) is 9.84 Å². The molecular formula is C14H22N2O2S. The van der Waals surface area contributed by atoms with E-state index < -0.39 is 9.84 Å². The van der Waals surface area contributed by atoms with Gasteiger partial charge in [-0.15, -0.1) is 0 Å². The minimum atomic E-state index is -3.01. The van der Waals surface area contributed by atoms with Gasteiger partial charge in [0.1, 0.15) is 0 Å². The van der Waals surface area contributed by atoms with Gasteiger partial charge >= 0.3 is 0 Å². The van der Waals surface area contributed by atoms with Crippen LogP contribution in [0.5, 0.6) is 0 Å². The molecular weight excluding hydrogens is 260 g/mol. The van der Waals surface area contributed by atoms with Crippen molar-refractivity contribution in [2.24, 2.45) is 5.73 Å². The Labute approximate surface area is 115 Å². The molecule has 106 valence electrons. The quantitative estimate of drug-likeness (QED) is 0.850. The molecule has 1 aliphatic rings. The molecule has 0 bridgehead atoms. The Hall–Kier alpha value is -0.910. The van der Waals surface area contributed by atoms with Crippen molar-refractivity contribution in [1.82, 2.24) is 4.90 Å². The number of rotatable bonds is 6. The topological polar surface area (TPSA) is 63.4 Å². The van der Waals surface area contributed by atoms with E-state index in [1.165, 1.54) is 12.8 Å². The van der Waals surface area contributed by atoms with E-state index in [2.05, 4.69) is 4.90 Å². The third-order valence-electron chi connectivity index (χ3n) is 3.56. The van der Waals surface area contributed by atoms with E-state index in [0.29, 0.717) is 13.1 Å². The molecule has 1 aromatic carbocycles. The monoisotopic (exact) mass is 282 g/mol. The molecule has 0 aliphatic carbocycles. The van der Waals surface area contributed by atoms with Crippen LogP contribution >= 0.6 is 0 Å². The van der Waals surface area contributed by atoms with E-state index in [0.717, 1.165) is 24.2 Å². The average molecular weight is 282 g/mol. The summed E-state index contributed by atoms with van der Waals surface area (Å²) in [5, 5.41) is 0. The highest BCUT2D eigenvalue weighted by Crippen LogP contribution is 2.11. The number of hydrogen-bond donors (Lipinski definition) is 1. The predicted octanol–water partition coefficient (Wildman–Crippen LogP) is 1.16. The standard InChI is InChI=1S/C14H22N2O2S/c15-11-13-3-5-14(6-4-13)12-19(17,18)10-9-16-7-1-2-8-16/h3-6H,1-2,7-12,15H2. The summed E-state index contributed by atoms with van der Waals surface area (Å²) in [6.07, 6.45) is 2.39. The zero-order chi connectivity index (χ0) is 13.7. The summed E-state index contributed by atoms with van der Waals surface area (Å²) < 4.78 is 24.1. The van der Waals surface area contributed by atoms with Gasteiger partial charge in [0.05, 0.1) is 11.5 Å². The van der Waals surface area contributed by atoms with E-state index in [9.17, 15) is 8.42 Å². The first-order chi connectivity index (χ1) is 9.09. The first kappa shape index (κ1) is 14.5. The Kier molecular flexibility index (Phi) is 4.96. The van der Waals surface area contributed by atoms with Gasteiger partial charge in [0.25, 0.3) is 0 Å². The molecule has 1 fully saturated rings. The van der Waals surface area contributed by atoms with Crippen LogP contribution in [-0.4, -0.2) is 38.7 Å². The highest BCUT2D eigenvalue weighted by Gasteiger charge is 2.17. The van der Waals surface area contributed by atoms with Gasteiger partial charge in [0, 0.05) is 13.1 Å². The summed E-state index contributed by atoms with van der Waals surface area (Å²) in [6.45, 7) is 3.24. The van der Waals surface area contributed by atoms with Crippen molar-refractivity contribution in [3.8, 4) is 0 Å². The third-order valence-corrected chi connectivity index (χ3v) is 5.14. The van der Waals surface area contributed by atoms with Crippen molar-refractivity contribution in [3.63, 3.8) is 0 Å². The summed E-state index contributed by atoms with van der Waals surface area (Å²) in [4.78, 5) is 2.23. The molecule has 2 rings (SSSR count). The summed E-state index contributed by atoms with van der Waals surface area (Å²) in [5.41, 5.74) is 7.39. The zero-order valence-corrected chi connectivity index (χ0v) is 12.0. The second-order valence-electron chi connectivity index (χ2n) is 5.16. The van der Waals surface area contributed by atoms with Crippen LogP contribution in [-0.2, 0) is 22.1 Å². The predicted molar refractivity (Wildman–Crippen MR) is 77.5 cm³/mol. The fourth-order valence-electron chi connectivity index (χ4n) is 2.37. The molecule has 1 aromatic rings. The number of nitrogens with zero attached hydrogens (tertiary/aromatic N) is 1. The number of likely N-dealkylation sites (tertiary alicyclic amines) is 1. The van der Waals surface area contributed by atoms with Crippen molar-refractivity contribution in [2.75, 3.05) is 25.4 Å². The van der Waals surface area contributed by atoms with E-state index in [-0.39, 0.29) is 11.5 Å². The van der Waals surface area contributed by atoms with Crippen LogP contribution in [0.4, 0.5) is 0 Å². The fourth-order valence-corrected chi connectivity index (χ4v) is 3.75. The highest BCUT2D eigenvalue weighted by molar-refractivity contribution is 7.90. The lowest BCUT2D eigenvalue weighted by molar-refractivity contribution is 0.359. The minimum absolute atomic E-state index is 0.131. The van der Waals surface area contributed by atoms with Crippen LogP contribution in [0, 0.1) is 0 Å². The number of sulfone groups is 1. The van der Waals surface area contributed by atoms with Gasteiger partial charge in [-0.1, -0.05) is 24.3 Å². The lowest BCUT2D eigenvalue weighted by Crippen LogP contribution is -2.27. The van der Waals surface area contributed by atoms with Crippen molar-refractivity contribution in [1.29, 1.82) is 0 Å². The summed E-state index contributed by atoms with van der Waals surface area (Å²) in [7, 11) is -3.01. The molecule has 2 N–H and O–H groups in total. The van der Waals surface area contributed by atoms with Crippen molar-refractivity contribution in [2.45, 2.75) is 25.1 Å². The van der Waals surface area contributed by atoms with Crippen LogP contribution in [0.15, 0.2) is 24.3 Å². The molecule has 0 unspecified atom stereocenters. The van der Waals surface area contributed by atoms with Crippen LogP contribution in [0.2, 0.25) is 0 Å². The van der Waals surface area contributed by atoms with Crippen LogP contribution in [0.1, 0.15) is 24.0 Å². The van der Waals surface area contributed by atoms with Crippen LogP contribution in [0.25, 0.3) is 0 Å². The maximum Gasteiger partial charge on any atom is 0.155 e. The molecule has 0 saturated carbocycles. The van der Waals surface area contributed by atoms with Crippen molar-refractivity contribution in [3.05, 3.63) is 35.4 Å². The highest BCUT2D eigenvalue weighted by atomic mass is 32.2. The molecule has 0 aromatic heterocycles. The number of hydrogen-bond acceptors (Lipinski definition) is 4. The zero-order valence-electron chi connectivity index (χ0n) is 11.2. The van der Waals surface area contributed by atoms with Gasteiger partial charge < -0.3 is 10.6 Å². The summed E-state index contributed by atoms with van der Waals surface area (Å²) >= 11 is 0. The van der Waals surface area contributed by atoms with E-state index >= 15 is 0 Å². The van der Waals surface area contributed by atoms with E-state index in [4.69, 9.17) is 5.73 Å². The molecule has 1 heterocycles. The summed E-state index contributed by atoms with van der Waals surface area (Å²) in [6, 6.07) is 7.50. The van der Waals surface area contributed by atoms with Gasteiger partial charge in [-0.3, -0.25) is 0 Å². The number of benzene rings is 1. The molecule has 5 heteroatoms. The second kappa shape index (κ2) is 6.50. The Bertz CT molecular complexity index is 491. The van der Waals surface area contributed by atoms with Crippen LogP contribution < -0.4 is 5.73 Å². The van der Waals surface area contributed by atoms with Gasteiger partial charge in [-0.25, -0.2) is 8.42 Å². The Balaban J connectivity index is 1.88. The number of nitrogens with two attached hydrogens (primary N) is 1. The smallest absolute Gasteiger partial charge is 0.155 e. The lowest BCUT2D eigenvalue weighted by atomic mass is 10.1. The maximum absolute atomic E-state index is 12.1. The molecule has 1 saturated heterocycles. The van der Waals surface area contributed by atoms with Crippen LogP contribution in [0.3, 0.4) is 0 Å². The van der Waals surface area contributed by atoms with Gasteiger partial charge in [-0.05, 0) is 37.1 Å². The fraction of sp³-hybridized carbons (Fsp3) is 0.571. The minimum Gasteiger partial charge on any atom is -0.326 e. The summed E-state index contributed by atoms with van der Waals surface area (Å²) in [5.74, 6) is 0.386. The maximum atomic E-state index is 12.1. The Morgan fingerprint density at radius 1 is 1.05 bits per heavy atom. The molecule has 4 nitrogen and oxygen atoms in total. The molecule has 1 aliphatic heterocycles. The molecule has 0 radical (unpaired) electrons. The van der Waals surface area contributed by atoms with Crippen molar-refractivity contribution >= 4 is 9.84 Å². The van der Waals surface area contributed by atoms with E-state index in [1.54, 1.807) is 0 Å². The van der Waals surface area contributed by atoms with Gasteiger partial charge in [0.2, 0.25) is 0 Å². The first-order valence-electron chi connectivity index (χ1n) is 6.80. The second-order valence-corrected chi connectivity index (χ2v) is 7.35. The normalized spacial score (nSPS) is 16.9. The first-order valence-corrected chi connectivity index (χ1v) is 8.62. The Morgan fingerprint density at radius 2 is 1.63 bits per heavy atom. The van der Waals surface area contributed by atoms with Gasteiger partial charge in [-0.2, -0.15) is 0 Å². The molecule has 0 amide bonds. The lowest BCUT2D eigenvalue weighted by Gasteiger charge is -2.14. The molecule has 0 spiro atoms. The molecule has 19 heavy (non-hydrogen) atoms. The van der Waals surface area contributed by atoms with Crippen molar-refractivity contribution < 1.29 is 8.42 Å². The largest absolute Gasteiger partial charge is 0.326 e. The SMILES string of the molecule is NCc1ccc(CS(=O)(=O)CCN2CCCC2)cc1. The Morgan fingerprint density at radius 3 is 2.21 bits per heavy atom. The average Bonchev–Trinajstić information content (AvgIpc) is 2.90. The third kappa shape index (κ3) is 4.60. The molecule has 0 atom stereocenters.